The van der Waals surface area contributed by atoms with Crippen LogP contribution in [0.25, 0.3) is 0 Å². The molecule has 4 rings (SSSR count). The molecule has 0 spiro atoms. The third kappa shape index (κ3) is 9.16. The van der Waals surface area contributed by atoms with Crippen LogP contribution in [0, 0.1) is 13.8 Å². The minimum atomic E-state index is -2.49. The zero-order valence-corrected chi connectivity index (χ0v) is 30.9. The molecule has 4 aromatic carbocycles. The maximum atomic E-state index is 2.47. The van der Waals surface area contributed by atoms with Crippen molar-refractivity contribution in [2.45, 2.75) is 92.4 Å². The van der Waals surface area contributed by atoms with Crippen LogP contribution in [-0.4, -0.2) is 8.07 Å². The van der Waals surface area contributed by atoms with Crippen LogP contribution in [-0.2, 0) is 41.0 Å². The van der Waals surface area contributed by atoms with Gasteiger partial charge in [-0.05, 0) is 55.2 Å². The van der Waals surface area contributed by atoms with Crippen molar-refractivity contribution in [3.63, 3.8) is 0 Å². The van der Waals surface area contributed by atoms with E-state index >= 15 is 0 Å². The number of benzene rings is 3. The summed E-state index contributed by atoms with van der Waals surface area (Å²) in [6, 6.07) is 34.0. The maximum Gasteiger partial charge on any atom is 4.00 e. The van der Waals surface area contributed by atoms with Crippen LogP contribution in [0.5, 0.6) is 0 Å². The zero-order valence-electron chi connectivity index (χ0n) is 26.1. The predicted molar refractivity (Wildman–Crippen MR) is 171 cm³/mol. The summed E-state index contributed by atoms with van der Waals surface area (Å²) in [5, 5.41) is 6.02. The summed E-state index contributed by atoms with van der Waals surface area (Å²) in [6.07, 6.45) is 11.0. The Morgan fingerprint density at radius 3 is 1.05 bits per heavy atom. The topological polar surface area (TPSA) is 0 Å². The van der Waals surface area contributed by atoms with Gasteiger partial charge >= 0.3 is 21.7 Å². The summed E-state index contributed by atoms with van der Waals surface area (Å²) in [7, 11) is -2.49. The summed E-state index contributed by atoms with van der Waals surface area (Å²) in [6.45, 7) is 11.4. The SMILES string of the molecule is CCCCc1ccc([Si](c2ccc(CCCC)cc2)(c2ccc(CCCC)cc2)[c-]2ccc(C)c2C)cc1.[Cl-].[Cl-].[Cl-].[Ti+4]. The quantitative estimate of drug-likeness (QED) is 0.0916. The third-order valence-corrected chi connectivity index (χ3v) is 13.5. The molecule has 224 valence electrons. The van der Waals surface area contributed by atoms with Gasteiger partial charge < -0.3 is 37.2 Å². The molecular weight excluding hydrogens is 627 g/mol. The number of halogens is 3. The van der Waals surface area contributed by atoms with Crippen LogP contribution in [0.2, 0.25) is 0 Å². The Hall–Kier alpha value is -1.19. The molecule has 0 aliphatic rings. The largest absolute Gasteiger partial charge is 4.00 e. The van der Waals surface area contributed by atoms with Crippen molar-refractivity contribution in [2.24, 2.45) is 0 Å². The number of hydrogen-bond donors (Lipinski definition) is 0. The van der Waals surface area contributed by atoms with E-state index in [1.807, 2.05) is 0 Å². The van der Waals surface area contributed by atoms with E-state index in [0.29, 0.717) is 0 Å². The Morgan fingerprint density at radius 1 is 0.500 bits per heavy atom. The Bertz CT molecular complexity index is 1150. The Morgan fingerprint density at radius 2 is 0.810 bits per heavy atom. The van der Waals surface area contributed by atoms with E-state index in [1.165, 1.54) is 81.9 Å². The minimum Gasteiger partial charge on any atom is -1.00 e. The summed E-state index contributed by atoms with van der Waals surface area (Å²) in [5.74, 6) is 0. The Kier molecular flexibility index (Phi) is 19.4. The van der Waals surface area contributed by atoms with E-state index in [1.54, 1.807) is 5.19 Å². The first-order valence-corrected chi connectivity index (χ1v) is 17.1. The van der Waals surface area contributed by atoms with Crippen molar-refractivity contribution in [1.29, 1.82) is 0 Å². The molecule has 4 aromatic rings. The van der Waals surface area contributed by atoms with Crippen molar-refractivity contribution < 1.29 is 58.9 Å². The van der Waals surface area contributed by atoms with Gasteiger partial charge in [-0.1, -0.05) is 142 Å². The summed E-state index contributed by atoms with van der Waals surface area (Å²) >= 11 is 0. The van der Waals surface area contributed by atoms with E-state index < -0.39 is 8.07 Å². The first-order valence-electron chi connectivity index (χ1n) is 15.1. The number of rotatable bonds is 13. The molecule has 42 heavy (non-hydrogen) atoms. The van der Waals surface area contributed by atoms with Crippen LogP contribution in [0.15, 0.2) is 84.9 Å². The normalized spacial score (nSPS) is 10.6. The molecule has 0 atom stereocenters. The van der Waals surface area contributed by atoms with Gasteiger partial charge in [-0.3, -0.25) is 0 Å². The van der Waals surface area contributed by atoms with E-state index in [9.17, 15) is 0 Å². The van der Waals surface area contributed by atoms with E-state index in [0.717, 1.165) is 19.3 Å². The molecule has 0 radical (unpaired) electrons. The van der Waals surface area contributed by atoms with Gasteiger partial charge in [0.25, 0.3) is 0 Å². The van der Waals surface area contributed by atoms with Crippen LogP contribution in [0.3, 0.4) is 0 Å². The molecular formula is C37H47Cl3SiTi. The molecule has 0 saturated carbocycles. The molecule has 0 aliphatic carbocycles. The van der Waals surface area contributed by atoms with Gasteiger partial charge in [0.15, 0.2) is 0 Å². The van der Waals surface area contributed by atoms with Crippen molar-refractivity contribution in [3.8, 4) is 0 Å². The number of unbranched alkanes of at least 4 members (excludes halogenated alkanes) is 3. The smallest absolute Gasteiger partial charge is 1.00 e. The van der Waals surface area contributed by atoms with Crippen LogP contribution < -0.4 is 58.0 Å². The molecule has 0 N–H and O–H groups in total. The van der Waals surface area contributed by atoms with Crippen LogP contribution >= 0.6 is 0 Å². The number of aryl methyl sites for hydroxylation is 4. The Labute approximate surface area is 291 Å². The molecule has 0 unspecified atom stereocenters. The molecule has 0 fully saturated rings. The molecule has 0 bridgehead atoms. The average molecular weight is 674 g/mol. The molecule has 0 aliphatic heterocycles. The van der Waals surface area contributed by atoms with Crippen molar-refractivity contribution in [1.82, 2.24) is 0 Å². The monoisotopic (exact) mass is 672 g/mol. The van der Waals surface area contributed by atoms with Gasteiger partial charge in [0.1, 0.15) is 8.07 Å². The standard InChI is InChI=1S/C37H47Si.3ClH.Ti/c1-6-9-12-31-16-22-34(23-17-31)38(37-28-15-29(4)30(37)5,35-24-18-32(19-25-35)13-10-7-2)36-26-20-33(21-27-36)14-11-8-3;;;;/h15-28H,6-14H2,1-5H3;3*1H;/q-1;;;;+4/p-3. The Balaban J connectivity index is 0.00000420. The van der Waals surface area contributed by atoms with Crippen LogP contribution in [0.4, 0.5) is 0 Å². The van der Waals surface area contributed by atoms with Gasteiger partial charge in [-0.2, -0.15) is 17.2 Å². The number of hydrogen-bond acceptors (Lipinski definition) is 0. The second-order valence-electron chi connectivity index (χ2n) is 11.2. The van der Waals surface area contributed by atoms with Gasteiger partial charge in [0, 0.05) is 0 Å². The molecule has 5 heteroatoms. The summed E-state index contributed by atoms with van der Waals surface area (Å²) < 4.78 is 0. The molecule has 0 amide bonds. The summed E-state index contributed by atoms with van der Waals surface area (Å²) in [4.78, 5) is 0. The zero-order chi connectivity index (χ0) is 27.0. The van der Waals surface area contributed by atoms with Crippen molar-refractivity contribution in [3.05, 3.63) is 113 Å². The fourth-order valence-electron chi connectivity index (χ4n) is 5.95. The fraction of sp³-hybridized carbons (Fsp3) is 0.378. The first kappa shape index (κ1) is 40.8. The van der Waals surface area contributed by atoms with Crippen molar-refractivity contribution in [2.75, 3.05) is 0 Å². The molecule has 0 heterocycles. The van der Waals surface area contributed by atoms with Gasteiger partial charge in [0.2, 0.25) is 0 Å². The van der Waals surface area contributed by atoms with E-state index in [2.05, 4.69) is 120 Å². The maximum absolute atomic E-state index is 2.49. The first-order chi connectivity index (χ1) is 18.5. The second kappa shape index (κ2) is 20.0. The predicted octanol–water partition coefficient (Wildman–Crippen LogP) is -1.56. The van der Waals surface area contributed by atoms with Gasteiger partial charge in [-0.15, -0.1) is 5.19 Å². The van der Waals surface area contributed by atoms with E-state index in [-0.39, 0.29) is 58.9 Å². The second-order valence-corrected chi connectivity index (χ2v) is 15.0. The van der Waals surface area contributed by atoms with Crippen molar-refractivity contribution >= 4 is 28.8 Å². The van der Waals surface area contributed by atoms with Crippen LogP contribution in [0.1, 0.15) is 87.1 Å². The summed E-state index contributed by atoms with van der Waals surface area (Å²) in [5.41, 5.74) is 7.23. The van der Waals surface area contributed by atoms with E-state index in [4.69, 9.17) is 0 Å². The fourth-order valence-corrected chi connectivity index (χ4v) is 11.0. The average Bonchev–Trinajstić information content (AvgIpc) is 3.29. The van der Waals surface area contributed by atoms with Gasteiger partial charge in [-0.25, -0.2) is 6.07 Å². The molecule has 0 aromatic heterocycles. The molecule has 0 nitrogen and oxygen atoms in total. The minimum absolute atomic E-state index is 0. The van der Waals surface area contributed by atoms with Gasteiger partial charge in [0.05, 0.1) is 0 Å². The third-order valence-electron chi connectivity index (χ3n) is 8.52. The molecule has 0 saturated heterocycles.